The zero-order chi connectivity index (χ0) is 14.7. The largest absolute Gasteiger partial charge is 0.478 e. The van der Waals surface area contributed by atoms with E-state index in [9.17, 15) is 25.0 Å². The fourth-order valence-electron chi connectivity index (χ4n) is 1.36. The Labute approximate surface area is 106 Å². The quantitative estimate of drug-likeness (QED) is 0.598. The summed E-state index contributed by atoms with van der Waals surface area (Å²) in [7, 11) is 2.97. The Morgan fingerprint density at radius 1 is 1.21 bits per heavy atom. The van der Waals surface area contributed by atoms with Crippen molar-refractivity contribution in [3.8, 4) is 0 Å². The number of benzene rings is 1. The van der Waals surface area contributed by atoms with Crippen LogP contribution in [0, 0.1) is 20.2 Å². The van der Waals surface area contributed by atoms with Crippen molar-refractivity contribution in [1.29, 1.82) is 0 Å². The molecule has 102 valence electrons. The highest BCUT2D eigenvalue weighted by molar-refractivity contribution is 5.92. The van der Waals surface area contributed by atoms with Crippen LogP contribution in [0.15, 0.2) is 12.1 Å². The summed E-state index contributed by atoms with van der Waals surface area (Å²) < 4.78 is 0. The van der Waals surface area contributed by atoms with Gasteiger partial charge in [0.05, 0.1) is 15.4 Å². The standard InChI is InChI=1S/C9H10N4O6/c1-11(2)10-8-6(12(16)17)3-5(9(14)15)4-7(8)13(18)19/h3-4,10H,1-2H3,(H,14,15). The van der Waals surface area contributed by atoms with E-state index in [1.54, 1.807) is 0 Å². The molecule has 0 saturated carbocycles. The second kappa shape index (κ2) is 5.27. The SMILES string of the molecule is CN(C)Nc1c([N+](=O)[O-])cc(C(=O)O)cc1[N+](=O)[O-]. The Kier molecular flexibility index (Phi) is 3.97. The van der Waals surface area contributed by atoms with E-state index in [2.05, 4.69) is 5.43 Å². The number of carboxylic acids is 1. The number of nitrogens with zero attached hydrogens (tertiary/aromatic N) is 3. The fraction of sp³-hybridized carbons (Fsp3) is 0.222. The third kappa shape index (κ3) is 3.13. The number of aromatic carboxylic acids is 1. The highest BCUT2D eigenvalue weighted by Crippen LogP contribution is 2.35. The van der Waals surface area contributed by atoms with Crippen molar-refractivity contribution in [3.63, 3.8) is 0 Å². The number of nitro benzene ring substituents is 2. The number of hydrogen-bond acceptors (Lipinski definition) is 7. The lowest BCUT2D eigenvalue weighted by atomic mass is 10.1. The molecule has 2 N–H and O–H groups in total. The van der Waals surface area contributed by atoms with E-state index in [0.717, 1.165) is 12.1 Å². The van der Waals surface area contributed by atoms with Gasteiger partial charge in [-0.2, -0.15) is 0 Å². The molecule has 10 heteroatoms. The van der Waals surface area contributed by atoms with Crippen LogP contribution in [-0.2, 0) is 0 Å². The molecule has 1 aromatic carbocycles. The molecular formula is C9H10N4O6. The van der Waals surface area contributed by atoms with Crippen LogP contribution >= 0.6 is 0 Å². The minimum Gasteiger partial charge on any atom is -0.478 e. The third-order valence-electron chi connectivity index (χ3n) is 2.07. The van der Waals surface area contributed by atoms with Gasteiger partial charge in [-0.3, -0.25) is 20.2 Å². The molecule has 0 unspecified atom stereocenters. The first kappa shape index (κ1) is 14.3. The highest BCUT2D eigenvalue weighted by Gasteiger charge is 2.28. The number of nitro groups is 2. The lowest BCUT2D eigenvalue weighted by molar-refractivity contribution is -0.392. The molecule has 0 fully saturated rings. The summed E-state index contributed by atoms with van der Waals surface area (Å²) in [6.07, 6.45) is 0. The van der Waals surface area contributed by atoms with Crippen LogP contribution in [-0.4, -0.2) is 40.0 Å². The lowest BCUT2D eigenvalue weighted by Crippen LogP contribution is -2.21. The molecule has 0 saturated heterocycles. The van der Waals surface area contributed by atoms with Gasteiger partial charge in [0.2, 0.25) is 5.69 Å². The smallest absolute Gasteiger partial charge is 0.336 e. The summed E-state index contributed by atoms with van der Waals surface area (Å²) in [5, 5.41) is 31.8. The number of nitrogens with one attached hydrogen (secondary N) is 1. The number of hydrazine groups is 1. The molecule has 0 atom stereocenters. The number of hydrogen-bond donors (Lipinski definition) is 2. The van der Waals surface area contributed by atoms with Gasteiger partial charge in [-0.1, -0.05) is 0 Å². The predicted octanol–water partition coefficient (Wildman–Crippen LogP) is 1.09. The molecule has 1 rings (SSSR count). The summed E-state index contributed by atoms with van der Waals surface area (Å²) in [6.45, 7) is 0. The number of rotatable bonds is 5. The predicted molar refractivity (Wildman–Crippen MR) is 64.0 cm³/mol. The summed E-state index contributed by atoms with van der Waals surface area (Å²) in [5.74, 6) is -1.48. The molecule has 0 spiro atoms. The Morgan fingerprint density at radius 3 is 1.89 bits per heavy atom. The Balaban J connectivity index is 3.60. The molecule has 0 radical (unpaired) electrons. The molecule has 0 aliphatic rings. The van der Waals surface area contributed by atoms with Gasteiger partial charge in [-0.15, -0.1) is 0 Å². The first-order valence-electron chi connectivity index (χ1n) is 4.88. The monoisotopic (exact) mass is 270 g/mol. The van der Waals surface area contributed by atoms with Crippen molar-refractivity contribution in [2.24, 2.45) is 0 Å². The van der Waals surface area contributed by atoms with Gasteiger partial charge >= 0.3 is 17.3 Å². The topological polar surface area (TPSA) is 139 Å². The van der Waals surface area contributed by atoms with Crippen molar-refractivity contribution >= 4 is 23.0 Å². The summed E-state index contributed by atoms with van der Waals surface area (Å²) >= 11 is 0. The average Bonchev–Trinajstić information content (AvgIpc) is 2.27. The normalized spacial score (nSPS) is 10.3. The van der Waals surface area contributed by atoms with Crippen LogP contribution in [0.3, 0.4) is 0 Å². The van der Waals surface area contributed by atoms with Crippen molar-refractivity contribution in [2.45, 2.75) is 0 Å². The Hall–Kier alpha value is -2.75. The Bertz CT molecular complexity index is 521. The molecule has 1 aromatic rings. The molecular weight excluding hydrogens is 260 g/mol. The van der Waals surface area contributed by atoms with E-state index in [1.807, 2.05) is 0 Å². The van der Waals surface area contributed by atoms with E-state index in [4.69, 9.17) is 5.11 Å². The van der Waals surface area contributed by atoms with Gasteiger partial charge in [-0.05, 0) is 0 Å². The average molecular weight is 270 g/mol. The van der Waals surface area contributed by atoms with Crippen LogP contribution < -0.4 is 5.43 Å². The van der Waals surface area contributed by atoms with Crippen molar-refractivity contribution in [3.05, 3.63) is 37.9 Å². The lowest BCUT2D eigenvalue weighted by Gasteiger charge is -2.13. The molecule has 0 bridgehead atoms. The van der Waals surface area contributed by atoms with Gasteiger partial charge in [0.25, 0.3) is 0 Å². The van der Waals surface area contributed by atoms with E-state index in [-0.39, 0.29) is 5.69 Å². The third-order valence-corrected chi connectivity index (χ3v) is 2.07. The van der Waals surface area contributed by atoms with Gasteiger partial charge in [0.15, 0.2) is 0 Å². The first-order chi connectivity index (χ1) is 8.73. The number of carboxylic acid groups (broad SMARTS) is 1. The van der Waals surface area contributed by atoms with Crippen molar-refractivity contribution < 1.29 is 19.7 Å². The van der Waals surface area contributed by atoms with Crippen molar-refractivity contribution in [1.82, 2.24) is 5.01 Å². The minimum absolute atomic E-state index is 0.370. The van der Waals surface area contributed by atoms with E-state index in [1.165, 1.54) is 19.1 Å². The van der Waals surface area contributed by atoms with Gasteiger partial charge in [0, 0.05) is 26.2 Å². The second-order valence-electron chi connectivity index (χ2n) is 3.72. The molecule has 0 amide bonds. The maximum absolute atomic E-state index is 10.9. The van der Waals surface area contributed by atoms with Gasteiger partial charge < -0.3 is 10.5 Å². The summed E-state index contributed by atoms with van der Waals surface area (Å²) in [4.78, 5) is 30.8. The van der Waals surface area contributed by atoms with E-state index in [0.29, 0.717) is 0 Å². The van der Waals surface area contributed by atoms with E-state index >= 15 is 0 Å². The zero-order valence-electron chi connectivity index (χ0n) is 9.98. The summed E-state index contributed by atoms with van der Waals surface area (Å²) in [6, 6.07) is 1.53. The van der Waals surface area contributed by atoms with E-state index < -0.39 is 32.8 Å². The maximum Gasteiger partial charge on any atom is 0.336 e. The zero-order valence-corrected chi connectivity index (χ0v) is 9.98. The fourth-order valence-corrected chi connectivity index (χ4v) is 1.36. The van der Waals surface area contributed by atoms with Crippen molar-refractivity contribution in [2.75, 3.05) is 19.5 Å². The molecule has 0 aromatic heterocycles. The van der Waals surface area contributed by atoms with Gasteiger partial charge in [0.1, 0.15) is 0 Å². The molecule has 19 heavy (non-hydrogen) atoms. The van der Waals surface area contributed by atoms with Gasteiger partial charge in [-0.25, -0.2) is 9.80 Å². The molecule has 10 nitrogen and oxygen atoms in total. The first-order valence-corrected chi connectivity index (χ1v) is 4.88. The second-order valence-corrected chi connectivity index (χ2v) is 3.72. The van der Waals surface area contributed by atoms with Crippen LogP contribution in [0.4, 0.5) is 17.1 Å². The number of carbonyl (C=O) groups is 1. The van der Waals surface area contributed by atoms with Crippen LogP contribution in [0.5, 0.6) is 0 Å². The van der Waals surface area contributed by atoms with Crippen LogP contribution in [0.1, 0.15) is 10.4 Å². The highest BCUT2D eigenvalue weighted by atomic mass is 16.6. The maximum atomic E-state index is 10.9. The van der Waals surface area contributed by atoms with Crippen LogP contribution in [0.25, 0.3) is 0 Å². The van der Waals surface area contributed by atoms with Crippen LogP contribution in [0.2, 0.25) is 0 Å². The Morgan fingerprint density at radius 2 is 1.63 bits per heavy atom. The molecule has 0 aliphatic carbocycles. The summed E-state index contributed by atoms with van der Waals surface area (Å²) in [5.41, 5.74) is 0.172. The molecule has 0 heterocycles. The molecule has 0 aliphatic heterocycles. The number of anilines is 1. The minimum atomic E-state index is -1.48.